The smallest absolute Gasteiger partial charge is 0.224 e. The number of fused-ring (bicyclic) bond motifs is 1. The molecule has 114 valence electrons. The van der Waals surface area contributed by atoms with E-state index in [9.17, 15) is 4.79 Å². The summed E-state index contributed by atoms with van der Waals surface area (Å²) < 4.78 is 6.40. The normalized spacial score (nSPS) is 31.9. The lowest BCUT2D eigenvalue weighted by atomic mass is 9.82. The summed E-state index contributed by atoms with van der Waals surface area (Å²) in [7, 11) is 0. The highest BCUT2D eigenvalue weighted by Crippen LogP contribution is 2.50. The molecule has 2 nitrogen and oxygen atoms in total. The number of hydrogen-bond acceptors (Lipinski definition) is 3. The third kappa shape index (κ3) is 3.46. The Morgan fingerprint density at radius 1 is 1.33 bits per heavy atom. The highest BCUT2D eigenvalue weighted by molar-refractivity contribution is 7.99. The van der Waals surface area contributed by atoms with Crippen LogP contribution in [0.15, 0.2) is 29.2 Å². The Morgan fingerprint density at radius 3 is 2.81 bits per heavy atom. The minimum atomic E-state index is -0.292. The second-order valence-electron chi connectivity index (χ2n) is 6.24. The standard InChI is InChI=1S/C17H21ClO2S/c1-12-4-7-14(8-5-12)21-16-9-6-13-3-2-10-17(13,20-16)11-15(18)19/h4-5,7-8,13,16H,2-3,6,9-11H2,1H3/t13-,16+,17+/m1/s1. The first-order valence-corrected chi connectivity index (χ1v) is 8.93. The molecule has 3 atom stereocenters. The Balaban J connectivity index is 1.70. The maximum absolute atomic E-state index is 11.4. The van der Waals surface area contributed by atoms with E-state index in [2.05, 4.69) is 31.2 Å². The summed E-state index contributed by atoms with van der Waals surface area (Å²) in [5, 5.41) is -0.261. The summed E-state index contributed by atoms with van der Waals surface area (Å²) in [4.78, 5) is 12.7. The molecule has 3 rings (SSSR count). The molecule has 1 aliphatic carbocycles. The first-order chi connectivity index (χ1) is 10.1. The Morgan fingerprint density at radius 2 is 2.10 bits per heavy atom. The van der Waals surface area contributed by atoms with Crippen molar-refractivity contribution < 1.29 is 9.53 Å². The van der Waals surface area contributed by atoms with E-state index >= 15 is 0 Å². The minimum absolute atomic E-state index is 0.137. The number of carbonyl (C=O) groups excluding carboxylic acids is 1. The van der Waals surface area contributed by atoms with E-state index in [0.29, 0.717) is 12.3 Å². The van der Waals surface area contributed by atoms with Gasteiger partial charge in [-0.25, -0.2) is 0 Å². The largest absolute Gasteiger partial charge is 0.360 e. The third-order valence-electron chi connectivity index (χ3n) is 4.74. The molecule has 0 N–H and O–H groups in total. The second-order valence-corrected chi connectivity index (χ2v) is 7.90. The number of thioether (sulfide) groups is 1. The number of benzene rings is 1. The van der Waals surface area contributed by atoms with Crippen LogP contribution < -0.4 is 0 Å². The quantitative estimate of drug-likeness (QED) is 0.735. The minimum Gasteiger partial charge on any atom is -0.360 e. The summed E-state index contributed by atoms with van der Waals surface area (Å²) in [6, 6.07) is 8.54. The fourth-order valence-electron chi connectivity index (χ4n) is 3.70. The van der Waals surface area contributed by atoms with E-state index in [0.717, 1.165) is 25.7 Å². The van der Waals surface area contributed by atoms with Crippen LogP contribution in [0.2, 0.25) is 0 Å². The molecular formula is C17H21ClO2S. The van der Waals surface area contributed by atoms with Crippen molar-refractivity contribution in [1.29, 1.82) is 0 Å². The van der Waals surface area contributed by atoms with Crippen molar-refractivity contribution in [2.75, 3.05) is 0 Å². The maximum atomic E-state index is 11.4. The van der Waals surface area contributed by atoms with Crippen LogP contribution in [0.25, 0.3) is 0 Å². The first-order valence-electron chi connectivity index (χ1n) is 7.67. The molecule has 1 aromatic rings. The van der Waals surface area contributed by atoms with Crippen molar-refractivity contribution in [3.63, 3.8) is 0 Å². The molecular weight excluding hydrogens is 304 g/mol. The molecule has 1 heterocycles. The van der Waals surface area contributed by atoms with Crippen molar-refractivity contribution in [2.24, 2.45) is 5.92 Å². The van der Waals surface area contributed by atoms with Gasteiger partial charge in [0.25, 0.3) is 0 Å². The molecule has 0 radical (unpaired) electrons. The molecule has 0 amide bonds. The molecule has 0 spiro atoms. The van der Waals surface area contributed by atoms with Gasteiger partial charge in [0.2, 0.25) is 5.24 Å². The van der Waals surface area contributed by atoms with Crippen LogP contribution in [0.1, 0.15) is 44.1 Å². The van der Waals surface area contributed by atoms with Gasteiger partial charge >= 0.3 is 0 Å². The van der Waals surface area contributed by atoms with Gasteiger partial charge in [-0.3, -0.25) is 4.79 Å². The lowest BCUT2D eigenvalue weighted by molar-refractivity contribution is -0.138. The number of halogens is 1. The zero-order valence-corrected chi connectivity index (χ0v) is 13.9. The van der Waals surface area contributed by atoms with E-state index in [1.807, 2.05) is 0 Å². The molecule has 0 bridgehead atoms. The molecule has 1 aliphatic heterocycles. The molecule has 1 saturated carbocycles. The highest BCUT2D eigenvalue weighted by atomic mass is 35.5. The summed E-state index contributed by atoms with van der Waals surface area (Å²) in [5.41, 5.74) is 1.11. The van der Waals surface area contributed by atoms with Crippen molar-refractivity contribution in [3.8, 4) is 0 Å². The van der Waals surface area contributed by atoms with Gasteiger partial charge in [-0.1, -0.05) is 35.9 Å². The third-order valence-corrected chi connectivity index (χ3v) is 6.01. The predicted octanol–water partition coefficient (Wildman–Crippen LogP) is 4.92. The zero-order valence-electron chi connectivity index (χ0n) is 12.3. The van der Waals surface area contributed by atoms with E-state index in [4.69, 9.17) is 16.3 Å². The number of carbonyl (C=O) groups is 1. The molecule has 0 aromatic heterocycles. The fourth-order valence-corrected chi connectivity index (χ4v) is 5.01. The van der Waals surface area contributed by atoms with Gasteiger partial charge in [0, 0.05) is 4.90 Å². The van der Waals surface area contributed by atoms with Gasteiger partial charge in [0.15, 0.2) is 0 Å². The Bertz CT molecular complexity index is 516. The van der Waals surface area contributed by atoms with Gasteiger partial charge in [-0.15, -0.1) is 0 Å². The van der Waals surface area contributed by atoms with Gasteiger partial charge in [0.1, 0.15) is 5.44 Å². The van der Waals surface area contributed by atoms with Gasteiger partial charge in [0.05, 0.1) is 12.0 Å². The molecule has 21 heavy (non-hydrogen) atoms. The fraction of sp³-hybridized carbons (Fsp3) is 0.588. The second kappa shape index (κ2) is 6.31. The molecule has 2 fully saturated rings. The van der Waals surface area contributed by atoms with Crippen LogP contribution >= 0.6 is 23.4 Å². The maximum Gasteiger partial charge on any atom is 0.224 e. The van der Waals surface area contributed by atoms with Crippen molar-refractivity contribution in [3.05, 3.63) is 29.8 Å². The van der Waals surface area contributed by atoms with Gasteiger partial charge < -0.3 is 4.74 Å². The zero-order chi connectivity index (χ0) is 14.9. The van der Waals surface area contributed by atoms with E-state index in [1.54, 1.807) is 11.8 Å². The monoisotopic (exact) mass is 324 g/mol. The van der Waals surface area contributed by atoms with Crippen LogP contribution in [0.5, 0.6) is 0 Å². The Hall–Kier alpha value is -0.510. The number of rotatable bonds is 4. The first kappa shape index (κ1) is 15.4. The van der Waals surface area contributed by atoms with Crippen LogP contribution in [0, 0.1) is 12.8 Å². The van der Waals surface area contributed by atoms with E-state index < -0.39 is 0 Å². The van der Waals surface area contributed by atoms with Crippen molar-refractivity contribution in [1.82, 2.24) is 0 Å². The van der Waals surface area contributed by atoms with Crippen LogP contribution in [0.4, 0.5) is 0 Å². The lowest BCUT2D eigenvalue weighted by Crippen LogP contribution is -2.44. The average Bonchev–Trinajstić information content (AvgIpc) is 2.83. The lowest BCUT2D eigenvalue weighted by Gasteiger charge is -2.42. The van der Waals surface area contributed by atoms with Gasteiger partial charge in [-0.05, 0) is 62.3 Å². The number of aryl methyl sites for hydroxylation is 1. The molecule has 0 unspecified atom stereocenters. The summed E-state index contributed by atoms with van der Waals surface area (Å²) in [6.07, 6.45) is 5.86. The van der Waals surface area contributed by atoms with E-state index in [1.165, 1.54) is 16.9 Å². The SMILES string of the molecule is Cc1ccc(S[C@H]2CC[C@H]3CCC[C@@]3(CC(=O)Cl)O2)cc1. The Labute approximate surface area is 135 Å². The average molecular weight is 325 g/mol. The van der Waals surface area contributed by atoms with Crippen LogP contribution in [-0.4, -0.2) is 16.3 Å². The predicted molar refractivity (Wildman–Crippen MR) is 86.7 cm³/mol. The number of ether oxygens (including phenoxy) is 1. The summed E-state index contributed by atoms with van der Waals surface area (Å²) in [6.45, 7) is 2.09. The summed E-state index contributed by atoms with van der Waals surface area (Å²) >= 11 is 7.44. The van der Waals surface area contributed by atoms with Crippen molar-refractivity contribution in [2.45, 2.75) is 61.4 Å². The van der Waals surface area contributed by atoms with Gasteiger partial charge in [-0.2, -0.15) is 0 Å². The summed E-state index contributed by atoms with van der Waals surface area (Å²) in [5.74, 6) is 0.509. The Kier molecular flexibility index (Phi) is 4.63. The number of hydrogen-bond donors (Lipinski definition) is 0. The molecule has 2 aliphatic rings. The highest BCUT2D eigenvalue weighted by Gasteiger charge is 2.49. The van der Waals surface area contributed by atoms with Crippen LogP contribution in [-0.2, 0) is 9.53 Å². The van der Waals surface area contributed by atoms with E-state index in [-0.39, 0.29) is 16.3 Å². The van der Waals surface area contributed by atoms with Crippen LogP contribution in [0.3, 0.4) is 0 Å². The van der Waals surface area contributed by atoms with Crippen molar-refractivity contribution >= 4 is 28.6 Å². The molecule has 1 saturated heterocycles. The molecule has 4 heteroatoms. The topological polar surface area (TPSA) is 26.3 Å². The molecule has 1 aromatic carbocycles.